The average molecular weight is 330 g/mol. The quantitative estimate of drug-likeness (QED) is 0.836. The van der Waals surface area contributed by atoms with E-state index in [-0.39, 0.29) is 0 Å². The van der Waals surface area contributed by atoms with Crippen molar-refractivity contribution in [1.82, 2.24) is 0 Å². The molecule has 3 atom stereocenters. The van der Waals surface area contributed by atoms with Gasteiger partial charge in [-0.3, -0.25) is 0 Å². The van der Waals surface area contributed by atoms with E-state index in [4.69, 9.17) is 0 Å². The molecule has 1 aromatic rings. The summed E-state index contributed by atoms with van der Waals surface area (Å²) in [6, 6.07) is 8.56. The Labute approximate surface area is 111 Å². The molecule has 0 aromatic heterocycles. The number of hydrogen-bond donors (Lipinski definition) is 1. The Hall–Kier alpha value is -0.0900. The lowest BCUT2D eigenvalue weighted by molar-refractivity contribution is 0.0496. The third kappa shape index (κ3) is 2.43. The predicted molar refractivity (Wildman–Crippen MR) is 75.5 cm³/mol. The molecule has 1 aromatic carbocycles. The van der Waals surface area contributed by atoms with Crippen molar-refractivity contribution in [1.29, 1.82) is 0 Å². The van der Waals surface area contributed by atoms with Crippen LogP contribution in [0.15, 0.2) is 24.3 Å². The first-order chi connectivity index (χ1) is 7.41. The molecular formula is C14H19IO. The molecule has 0 amide bonds. The maximum Gasteiger partial charge on any atom is 0.0622 e. The van der Waals surface area contributed by atoms with Crippen molar-refractivity contribution >= 4 is 22.6 Å². The molecule has 0 aliphatic heterocycles. The van der Waals surface area contributed by atoms with E-state index in [2.05, 4.69) is 53.8 Å². The van der Waals surface area contributed by atoms with E-state index in [1.54, 1.807) is 0 Å². The molecule has 0 saturated heterocycles. The highest BCUT2D eigenvalue weighted by molar-refractivity contribution is 14.1. The highest BCUT2D eigenvalue weighted by atomic mass is 127. The molecule has 1 saturated carbocycles. The van der Waals surface area contributed by atoms with Gasteiger partial charge >= 0.3 is 0 Å². The molecular weight excluding hydrogens is 311 g/mol. The zero-order valence-electron chi connectivity index (χ0n) is 10.1. The van der Waals surface area contributed by atoms with Crippen LogP contribution in [0.25, 0.3) is 0 Å². The van der Waals surface area contributed by atoms with Crippen LogP contribution >= 0.6 is 22.6 Å². The molecule has 1 N–H and O–H groups in total. The summed E-state index contributed by atoms with van der Waals surface area (Å²) in [5.74, 6) is 1.68. The van der Waals surface area contributed by atoms with Gasteiger partial charge in [0.1, 0.15) is 0 Å². The zero-order valence-corrected chi connectivity index (χ0v) is 12.2. The van der Waals surface area contributed by atoms with Crippen molar-refractivity contribution in [2.24, 2.45) is 11.8 Å². The Morgan fingerprint density at radius 2 is 2.00 bits per heavy atom. The third-order valence-electron chi connectivity index (χ3n) is 3.79. The molecule has 0 spiro atoms. The van der Waals surface area contributed by atoms with E-state index in [0.29, 0.717) is 17.8 Å². The van der Waals surface area contributed by atoms with Gasteiger partial charge in [-0.25, -0.2) is 0 Å². The molecule has 0 heterocycles. The van der Waals surface area contributed by atoms with Crippen molar-refractivity contribution in [3.8, 4) is 0 Å². The summed E-state index contributed by atoms with van der Waals surface area (Å²) in [6.45, 7) is 6.15. The molecule has 1 aliphatic carbocycles. The van der Waals surface area contributed by atoms with Gasteiger partial charge in [0.05, 0.1) is 5.60 Å². The predicted octanol–water partition coefficient (Wildman–Crippen LogP) is 3.80. The first kappa shape index (κ1) is 12.4. The fourth-order valence-corrected chi connectivity index (χ4v) is 3.53. The topological polar surface area (TPSA) is 20.2 Å². The zero-order chi connectivity index (χ0) is 11.9. The smallest absolute Gasteiger partial charge is 0.0622 e. The van der Waals surface area contributed by atoms with E-state index >= 15 is 0 Å². The lowest BCUT2D eigenvalue weighted by Crippen LogP contribution is -2.23. The second kappa shape index (κ2) is 4.30. The monoisotopic (exact) mass is 330 g/mol. The van der Waals surface area contributed by atoms with Gasteiger partial charge in [0.15, 0.2) is 0 Å². The first-order valence-electron chi connectivity index (χ1n) is 5.88. The number of rotatable bonds is 3. The molecule has 1 fully saturated rings. The van der Waals surface area contributed by atoms with Crippen LogP contribution in [0.5, 0.6) is 0 Å². The number of aliphatic hydroxyl groups is 1. The van der Waals surface area contributed by atoms with Crippen LogP contribution in [0.2, 0.25) is 0 Å². The molecule has 2 rings (SSSR count). The maximum atomic E-state index is 9.99. The van der Waals surface area contributed by atoms with Crippen molar-refractivity contribution in [3.05, 3.63) is 33.4 Å². The van der Waals surface area contributed by atoms with Gasteiger partial charge in [0, 0.05) is 3.57 Å². The Morgan fingerprint density at radius 1 is 1.38 bits per heavy atom. The van der Waals surface area contributed by atoms with Crippen LogP contribution in [0, 0.1) is 15.4 Å². The van der Waals surface area contributed by atoms with Gasteiger partial charge in [0.25, 0.3) is 0 Å². The summed E-state index contributed by atoms with van der Waals surface area (Å²) in [5.41, 5.74) is 0.916. The summed E-state index contributed by atoms with van der Waals surface area (Å²) in [6.07, 6.45) is 1.16. The van der Waals surface area contributed by atoms with Crippen molar-refractivity contribution in [2.45, 2.75) is 38.7 Å². The van der Waals surface area contributed by atoms with E-state index in [1.807, 2.05) is 13.8 Å². The Kier molecular flexibility index (Phi) is 3.32. The van der Waals surface area contributed by atoms with Crippen molar-refractivity contribution in [3.63, 3.8) is 0 Å². The summed E-state index contributed by atoms with van der Waals surface area (Å²) in [7, 11) is 0. The molecule has 16 heavy (non-hydrogen) atoms. The van der Waals surface area contributed by atoms with Crippen LogP contribution < -0.4 is 0 Å². The van der Waals surface area contributed by atoms with E-state index in [0.717, 1.165) is 6.42 Å². The number of halogens is 1. The van der Waals surface area contributed by atoms with Crippen LogP contribution in [0.3, 0.4) is 0 Å². The first-order valence-corrected chi connectivity index (χ1v) is 6.96. The van der Waals surface area contributed by atoms with Gasteiger partial charge in [-0.05, 0) is 72.2 Å². The standard InChI is InChI=1S/C14H19IO/c1-9(10-6-4-5-7-13(10)15)11-8-12(11)14(2,3)16/h4-7,9,11-12,16H,8H2,1-3H3. The molecule has 0 radical (unpaired) electrons. The second-order valence-electron chi connectivity index (χ2n) is 5.47. The van der Waals surface area contributed by atoms with Gasteiger partial charge in [0.2, 0.25) is 0 Å². The number of benzene rings is 1. The second-order valence-corrected chi connectivity index (χ2v) is 6.63. The normalized spacial score (nSPS) is 26.6. The minimum Gasteiger partial charge on any atom is -0.390 e. The lowest BCUT2D eigenvalue weighted by atomic mass is 9.91. The third-order valence-corrected chi connectivity index (χ3v) is 4.77. The van der Waals surface area contributed by atoms with Crippen molar-refractivity contribution in [2.75, 3.05) is 0 Å². The summed E-state index contributed by atoms with van der Waals surface area (Å²) >= 11 is 2.40. The van der Waals surface area contributed by atoms with Gasteiger partial charge in [-0.1, -0.05) is 25.1 Å². The Morgan fingerprint density at radius 3 is 2.50 bits per heavy atom. The van der Waals surface area contributed by atoms with Crippen LogP contribution in [-0.2, 0) is 0 Å². The molecule has 0 bridgehead atoms. The molecule has 1 nitrogen and oxygen atoms in total. The van der Waals surface area contributed by atoms with Gasteiger partial charge < -0.3 is 5.11 Å². The van der Waals surface area contributed by atoms with E-state index < -0.39 is 5.60 Å². The van der Waals surface area contributed by atoms with E-state index in [9.17, 15) is 5.11 Å². The highest BCUT2D eigenvalue weighted by Crippen LogP contribution is 2.53. The average Bonchev–Trinajstić information content (AvgIpc) is 2.96. The van der Waals surface area contributed by atoms with Crippen LogP contribution in [-0.4, -0.2) is 10.7 Å². The van der Waals surface area contributed by atoms with E-state index in [1.165, 1.54) is 9.13 Å². The molecule has 1 aliphatic rings. The fraction of sp³-hybridized carbons (Fsp3) is 0.571. The SMILES string of the molecule is CC(c1ccccc1I)C1CC1C(C)(C)O. The largest absolute Gasteiger partial charge is 0.390 e. The minimum absolute atomic E-state index is 0.471. The fourth-order valence-electron chi connectivity index (χ4n) is 2.65. The summed E-state index contributed by atoms with van der Waals surface area (Å²) in [4.78, 5) is 0. The van der Waals surface area contributed by atoms with Gasteiger partial charge in [-0.2, -0.15) is 0 Å². The van der Waals surface area contributed by atoms with Crippen LogP contribution in [0.4, 0.5) is 0 Å². The molecule has 2 heteroatoms. The lowest BCUT2D eigenvalue weighted by Gasteiger charge is -2.20. The van der Waals surface area contributed by atoms with Crippen molar-refractivity contribution < 1.29 is 5.11 Å². The van der Waals surface area contributed by atoms with Crippen LogP contribution in [0.1, 0.15) is 38.7 Å². The highest BCUT2D eigenvalue weighted by Gasteiger charge is 2.49. The summed E-state index contributed by atoms with van der Waals surface area (Å²) < 4.78 is 1.34. The molecule has 88 valence electrons. The maximum absolute atomic E-state index is 9.99. The van der Waals surface area contributed by atoms with Gasteiger partial charge in [-0.15, -0.1) is 0 Å². The number of hydrogen-bond acceptors (Lipinski definition) is 1. The Bertz CT molecular complexity index is 381. The Balaban J connectivity index is 2.11. The summed E-state index contributed by atoms with van der Waals surface area (Å²) in [5, 5.41) is 9.99. The minimum atomic E-state index is -0.515. The molecule has 3 unspecified atom stereocenters.